The predicted octanol–water partition coefficient (Wildman–Crippen LogP) is 3.84. The van der Waals surface area contributed by atoms with E-state index >= 15 is 0 Å². The first-order valence-electron chi connectivity index (χ1n) is 8.12. The lowest BCUT2D eigenvalue weighted by Crippen LogP contribution is -2.41. The molecule has 2 atom stereocenters. The van der Waals surface area contributed by atoms with Crippen LogP contribution in [0.2, 0.25) is 0 Å². The molecular formula is C18H28FNO. The van der Waals surface area contributed by atoms with Crippen molar-refractivity contribution in [2.75, 3.05) is 6.54 Å². The molecule has 1 aliphatic rings. The van der Waals surface area contributed by atoms with Crippen LogP contribution >= 0.6 is 0 Å². The van der Waals surface area contributed by atoms with Crippen LogP contribution in [0, 0.1) is 17.2 Å². The van der Waals surface area contributed by atoms with Gasteiger partial charge in [-0.1, -0.05) is 38.8 Å². The van der Waals surface area contributed by atoms with E-state index in [1.54, 1.807) is 6.07 Å². The molecule has 0 spiro atoms. The summed E-state index contributed by atoms with van der Waals surface area (Å²) in [5, 5.41) is 11.0. The fraction of sp³-hybridized carbons (Fsp3) is 0.667. The van der Waals surface area contributed by atoms with Gasteiger partial charge < -0.3 is 10.8 Å². The molecular weight excluding hydrogens is 265 g/mol. The first kappa shape index (κ1) is 16.4. The molecule has 0 radical (unpaired) electrons. The molecule has 0 aliphatic heterocycles. The minimum absolute atomic E-state index is 0.0511. The largest absolute Gasteiger partial charge is 0.392 e. The van der Waals surface area contributed by atoms with Crippen molar-refractivity contribution >= 4 is 0 Å². The van der Waals surface area contributed by atoms with E-state index in [1.807, 2.05) is 6.07 Å². The third-order valence-electron chi connectivity index (χ3n) is 4.95. The van der Waals surface area contributed by atoms with E-state index in [1.165, 1.54) is 25.0 Å². The summed E-state index contributed by atoms with van der Waals surface area (Å²) >= 11 is 0. The van der Waals surface area contributed by atoms with Gasteiger partial charge in [0.1, 0.15) is 5.82 Å². The minimum atomic E-state index is -0.491. The summed E-state index contributed by atoms with van der Waals surface area (Å²) in [5.74, 6) is 0.101. The topological polar surface area (TPSA) is 46.2 Å². The zero-order valence-corrected chi connectivity index (χ0v) is 13.2. The van der Waals surface area contributed by atoms with Gasteiger partial charge >= 0.3 is 0 Å². The second-order valence-electron chi connectivity index (χ2n) is 7.01. The summed E-state index contributed by atoms with van der Waals surface area (Å²) < 4.78 is 13.5. The zero-order valence-electron chi connectivity index (χ0n) is 13.2. The molecule has 0 amide bonds. The van der Waals surface area contributed by atoms with Crippen LogP contribution in [0.5, 0.6) is 0 Å². The third kappa shape index (κ3) is 3.64. The Morgan fingerprint density at radius 2 is 1.95 bits per heavy atom. The van der Waals surface area contributed by atoms with Crippen molar-refractivity contribution in [2.45, 2.75) is 58.0 Å². The second kappa shape index (κ2) is 6.89. The van der Waals surface area contributed by atoms with Gasteiger partial charge in [-0.05, 0) is 48.3 Å². The van der Waals surface area contributed by atoms with Crippen molar-refractivity contribution in [1.82, 2.24) is 0 Å². The first-order valence-corrected chi connectivity index (χ1v) is 8.12. The predicted molar refractivity (Wildman–Crippen MR) is 84.6 cm³/mol. The minimum Gasteiger partial charge on any atom is -0.392 e. The Labute approximate surface area is 127 Å². The summed E-state index contributed by atoms with van der Waals surface area (Å²) in [6.07, 6.45) is 4.97. The highest BCUT2D eigenvalue weighted by Crippen LogP contribution is 2.49. The summed E-state index contributed by atoms with van der Waals surface area (Å²) in [6.45, 7) is 4.75. The van der Waals surface area contributed by atoms with Crippen LogP contribution in [-0.2, 0) is 0 Å². The highest BCUT2D eigenvalue weighted by Gasteiger charge is 2.44. The van der Waals surface area contributed by atoms with Crippen molar-refractivity contribution in [2.24, 2.45) is 17.1 Å². The molecule has 1 saturated carbocycles. The van der Waals surface area contributed by atoms with Crippen molar-refractivity contribution in [3.63, 3.8) is 0 Å². The lowest BCUT2D eigenvalue weighted by molar-refractivity contribution is -0.00508. The Morgan fingerprint density at radius 3 is 2.48 bits per heavy atom. The average Bonchev–Trinajstić information content (AvgIpc) is 2.88. The molecule has 2 nitrogen and oxygen atoms in total. The van der Waals surface area contributed by atoms with Crippen molar-refractivity contribution in [3.8, 4) is 0 Å². The number of halogens is 1. The van der Waals surface area contributed by atoms with Crippen LogP contribution in [0.4, 0.5) is 4.39 Å². The van der Waals surface area contributed by atoms with Crippen LogP contribution in [-0.4, -0.2) is 17.8 Å². The summed E-state index contributed by atoms with van der Waals surface area (Å²) in [7, 11) is 0. The van der Waals surface area contributed by atoms with Gasteiger partial charge in [0.2, 0.25) is 0 Å². The van der Waals surface area contributed by atoms with Gasteiger partial charge in [0.05, 0.1) is 6.10 Å². The summed E-state index contributed by atoms with van der Waals surface area (Å²) in [4.78, 5) is 0. The van der Waals surface area contributed by atoms with Gasteiger partial charge in [-0.25, -0.2) is 4.39 Å². The van der Waals surface area contributed by atoms with E-state index in [2.05, 4.69) is 13.8 Å². The lowest BCUT2D eigenvalue weighted by Gasteiger charge is -2.40. The highest BCUT2D eigenvalue weighted by molar-refractivity contribution is 5.23. The molecule has 3 N–H and O–H groups in total. The molecule has 1 fully saturated rings. The number of rotatable bonds is 6. The summed E-state index contributed by atoms with van der Waals surface area (Å²) in [5.41, 5.74) is 6.70. The van der Waals surface area contributed by atoms with Crippen LogP contribution in [0.25, 0.3) is 0 Å². The molecule has 118 valence electrons. The molecule has 3 heteroatoms. The first-order chi connectivity index (χ1) is 9.98. The van der Waals surface area contributed by atoms with Crippen LogP contribution in [0.1, 0.15) is 57.4 Å². The van der Waals surface area contributed by atoms with Crippen LogP contribution in [0.15, 0.2) is 24.3 Å². The maximum absolute atomic E-state index is 13.5. The van der Waals surface area contributed by atoms with E-state index in [0.717, 1.165) is 24.8 Å². The number of hydrogen-bond donors (Lipinski definition) is 2. The van der Waals surface area contributed by atoms with Crippen molar-refractivity contribution in [3.05, 3.63) is 35.6 Å². The molecule has 0 saturated heterocycles. The average molecular weight is 293 g/mol. The van der Waals surface area contributed by atoms with Gasteiger partial charge in [0, 0.05) is 12.5 Å². The van der Waals surface area contributed by atoms with Crippen molar-refractivity contribution < 1.29 is 9.50 Å². The maximum atomic E-state index is 13.5. The quantitative estimate of drug-likeness (QED) is 0.837. The summed E-state index contributed by atoms with van der Waals surface area (Å²) in [6, 6.07) is 6.52. The molecule has 21 heavy (non-hydrogen) atoms. The van der Waals surface area contributed by atoms with Gasteiger partial charge in [-0.15, -0.1) is 0 Å². The fourth-order valence-electron chi connectivity index (χ4n) is 4.12. The molecule has 2 rings (SSSR count). The SMILES string of the molecule is CC(C)CC1(C(O)C(CN)c2cccc(F)c2)CCCC1. The molecule has 1 aromatic rings. The van der Waals surface area contributed by atoms with E-state index in [0.29, 0.717) is 12.5 Å². The third-order valence-corrected chi connectivity index (χ3v) is 4.95. The van der Waals surface area contributed by atoms with E-state index in [9.17, 15) is 9.50 Å². The molecule has 0 bridgehead atoms. The molecule has 1 aliphatic carbocycles. The van der Waals surface area contributed by atoms with E-state index in [4.69, 9.17) is 5.73 Å². The van der Waals surface area contributed by atoms with E-state index in [-0.39, 0.29) is 17.2 Å². The Morgan fingerprint density at radius 1 is 1.29 bits per heavy atom. The number of hydrogen-bond acceptors (Lipinski definition) is 2. The van der Waals surface area contributed by atoms with Gasteiger partial charge in [0.25, 0.3) is 0 Å². The maximum Gasteiger partial charge on any atom is 0.123 e. The molecule has 2 unspecified atom stereocenters. The normalized spacial score (nSPS) is 20.7. The smallest absolute Gasteiger partial charge is 0.123 e. The van der Waals surface area contributed by atoms with Crippen LogP contribution < -0.4 is 5.73 Å². The molecule has 0 heterocycles. The number of aliphatic hydroxyl groups excluding tert-OH is 1. The molecule has 0 aromatic heterocycles. The van der Waals surface area contributed by atoms with Crippen LogP contribution in [0.3, 0.4) is 0 Å². The lowest BCUT2D eigenvalue weighted by atomic mass is 9.68. The Hall–Kier alpha value is -0.930. The number of nitrogens with two attached hydrogens (primary N) is 1. The Kier molecular flexibility index (Phi) is 5.39. The number of benzene rings is 1. The van der Waals surface area contributed by atoms with E-state index < -0.39 is 6.10 Å². The van der Waals surface area contributed by atoms with Gasteiger partial charge in [-0.3, -0.25) is 0 Å². The Balaban J connectivity index is 2.27. The highest BCUT2D eigenvalue weighted by atomic mass is 19.1. The number of aliphatic hydroxyl groups is 1. The fourth-order valence-corrected chi connectivity index (χ4v) is 4.12. The van der Waals surface area contributed by atoms with Gasteiger partial charge in [-0.2, -0.15) is 0 Å². The second-order valence-corrected chi connectivity index (χ2v) is 7.01. The standard InChI is InChI=1S/C18H28FNO/c1-13(2)11-18(8-3-4-9-18)17(21)16(12-20)14-6-5-7-15(19)10-14/h5-7,10,13,16-17,21H,3-4,8-9,11-12,20H2,1-2H3. The monoisotopic (exact) mass is 293 g/mol. The molecule has 1 aromatic carbocycles. The zero-order chi connectivity index (χ0) is 15.5. The van der Waals surface area contributed by atoms with Crippen molar-refractivity contribution in [1.29, 1.82) is 0 Å². The Bertz CT molecular complexity index is 454. The van der Waals surface area contributed by atoms with Gasteiger partial charge in [0.15, 0.2) is 0 Å².